The molecule has 0 unspecified atom stereocenters. The Hall–Kier alpha value is -2.74. The van der Waals surface area contributed by atoms with Crippen LogP contribution in [0.1, 0.15) is 5.56 Å². The fraction of sp³-hybridized carbons (Fsp3) is 0.176. The molecule has 9 heteroatoms. The highest BCUT2D eigenvalue weighted by Crippen LogP contribution is 2.31. The molecular formula is C17H13ClF3N5. The maximum Gasteiger partial charge on any atom is 0.416 e. The molecule has 0 aliphatic rings. The molecule has 3 rings (SSSR count). The second-order valence-corrected chi connectivity index (χ2v) is 5.96. The van der Waals surface area contributed by atoms with Gasteiger partial charge in [0.2, 0.25) is 0 Å². The van der Waals surface area contributed by atoms with Gasteiger partial charge in [0.25, 0.3) is 0 Å². The summed E-state index contributed by atoms with van der Waals surface area (Å²) in [5.41, 5.74) is 0.509. The van der Waals surface area contributed by atoms with Crippen LogP contribution < -0.4 is 4.90 Å². The van der Waals surface area contributed by atoms with Crippen molar-refractivity contribution >= 4 is 17.4 Å². The van der Waals surface area contributed by atoms with Crippen LogP contribution in [0.2, 0.25) is 5.15 Å². The Labute approximate surface area is 152 Å². The van der Waals surface area contributed by atoms with Gasteiger partial charge < -0.3 is 4.90 Å². The lowest BCUT2D eigenvalue weighted by Gasteiger charge is -2.14. The molecule has 0 N–H and O–H groups in total. The van der Waals surface area contributed by atoms with Crippen molar-refractivity contribution in [3.05, 3.63) is 53.4 Å². The highest BCUT2D eigenvalue weighted by Gasteiger charge is 2.30. The number of halogens is 4. The van der Waals surface area contributed by atoms with E-state index in [2.05, 4.69) is 19.9 Å². The lowest BCUT2D eigenvalue weighted by atomic mass is 10.1. The molecule has 0 saturated carbocycles. The van der Waals surface area contributed by atoms with E-state index in [0.29, 0.717) is 22.8 Å². The molecule has 0 atom stereocenters. The second kappa shape index (κ2) is 6.87. The van der Waals surface area contributed by atoms with Crippen LogP contribution in [0.3, 0.4) is 0 Å². The summed E-state index contributed by atoms with van der Waals surface area (Å²) in [5.74, 6) is 0.827. The summed E-state index contributed by atoms with van der Waals surface area (Å²) in [4.78, 5) is 18.7. The Morgan fingerprint density at radius 3 is 2.19 bits per heavy atom. The van der Waals surface area contributed by atoms with E-state index in [1.807, 2.05) is 0 Å². The molecule has 0 aliphatic carbocycles. The fourth-order valence-electron chi connectivity index (χ4n) is 2.22. The predicted octanol–water partition coefficient (Wildman–Crippen LogP) is 4.34. The van der Waals surface area contributed by atoms with Crippen molar-refractivity contribution in [3.8, 4) is 22.8 Å². The Morgan fingerprint density at radius 1 is 0.962 bits per heavy atom. The quantitative estimate of drug-likeness (QED) is 0.677. The summed E-state index contributed by atoms with van der Waals surface area (Å²) in [6.45, 7) is 0. The summed E-state index contributed by atoms with van der Waals surface area (Å²) in [6.07, 6.45) is -1.46. The maximum absolute atomic E-state index is 12.8. The Bertz CT molecular complexity index is 926. The van der Waals surface area contributed by atoms with Crippen LogP contribution in [-0.2, 0) is 6.18 Å². The molecule has 0 saturated heterocycles. The highest BCUT2D eigenvalue weighted by atomic mass is 35.5. The molecule has 1 aromatic carbocycles. The van der Waals surface area contributed by atoms with Gasteiger partial charge in [-0.1, -0.05) is 23.7 Å². The van der Waals surface area contributed by atoms with Gasteiger partial charge in [-0.05, 0) is 12.1 Å². The van der Waals surface area contributed by atoms with Crippen molar-refractivity contribution in [1.82, 2.24) is 19.9 Å². The van der Waals surface area contributed by atoms with Crippen LogP contribution in [0.5, 0.6) is 0 Å². The summed E-state index contributed by atoms with van der Waals surface area (Å²) in [6, 6.07) is 6.34. The Kier molecular flexibility index (Phi) is 4.78. The van der Waals surface area contributed by atoms with Gasteiger partial charge in [-0.3, -0.25) is 0 Å². The van der Waals surface area contributed by atoms with E-state index in [4.69, 9.17) is 11.6 Å². The van der Waals surface area contributed by atoms with Crippen LogP contribution in [0.25, 0.3) is 22.8 Å². The fourth-order valence-corrected chi connectivity index (χ4v) is 2.42. The SMILES string of the molecule is CN(C)c1cc(-c2nccnc2Cl)nc(-c2ccc(C(F)(F)F)cc2)n1. The highest BCUT2D eigenvalue weighted by molar-refractivity contribution is 6.31. The first-order valence-electron chi connectivity index (χ1n) is 7.46. The van der Waals surface area contributed by atoms with Gasteiger partial charge >= 0.3 is 6.18 Å². The molecule has 0 spiro atoms. The maximum atomic E-state index is 12.8. The molecule has 26 heavy (non-hydrogen) atoms. The number of aromatic nitrogens is 4. The first-order chi connectivity index (χ1) is 12.3. The van der Waals surface area contributed by atoms with Crippen molar-refractivity contribution in [1.29, 1.82) is 0 Å². The van der Waals surface area contributed by atoms with E-state index in [-0.39, 0.29) is 11.0 Å². The third-order valence-electron chi connectivity index (χ3n) is 3.54. The topological polar surface area (TPSA) is 54.8 Å². The summed E-state index contributed by atoms with van der Waals surface area (Å²) in [5, 5.41) is 0.175. The first kappa shape index (κ1) is 18.1. The lowest BCUT2D eigenvalue weighted by Crippen LogP contribution is -2.12. The van der Waals surface area contributed by atoms with Crippen molar-refractivity contribution in [3.63, 3.8) is 0 Å². The number of alkyl halides is 3. The van der Waals surface area contributed by atoms with Crippen molar-refractivity contribution < 1.29 is 13.2 Å². The van der Waals surface area contributed by atoms with E-state index >= 15 is 0 Å². The normalized spacial score (nSPS) is 11.5. The summed E-state index contributed by atoms with van der Waals surface area (Å²) >= 11 is 6.09. The lowest BCUT2D eigenvalue weighted by molar-refractivity contribution is -0.137. The van der Waals surface area contributed by atoms with Crippen molar-refractivity contribution in [2.45, 2.75) is 6.18 Å². The second-order valence-electron chi connectivity index (χ2n) is 5.60. The molecule has 0 fully saturated rings. The minimum absolute atomic E-state index is 0.175. The standard InChI is InChI=1S/C17H13ClF3N5/c1-26(2)13-9-12(14-15(18)23-8-7-22-14)24-16(25-13)10-3-5-11(6-4-10)17(19,20)21/h3-9H,1-2H3. The van der Waals surface area contributed by atoms with Crippen LogP contribution >= 0.6 is 11.6 Å². The number of anilines is 1. The molecule has 2 aromatic heterocycles. The molecule has 0 amide bonds. The zero-order chi connectivity index (χ0) is 18.9. The molecule has 3 aromatic rings. The average Bonchev–Trinajstić information content (AvgIpc) is 2.61. The van der Waals surface area contributed by atoms with Crippen molar-refractivity contribution in [2.24, 2.45) is 0 Å². The summed E-state index contributed by atoms with van der Waals surface area (Å²) < 4.78 is 38.3. The van der Waals surface area contributed by atoms with Gasteiger partial charge in [0.05, 0.1) is 11.3 Å². The minimum Gasteiger partial charge on any atom is -0.363 e. The number of hydrogen-bond acceptors (Lipinski definition) is 5. The zero-order valence-corrected chi connectivity index (χ0v) is 14.5. The summed E-state index contributed by atoms with van der Waals surface area (Å²) in [7, 11) is 3.59. The van der Waals surface area contributed by atoms with Gasteiger partial charge in [0.15, 0.2) is 11.0 Å². The molecule has 134 valence electrons. The number of nitrogens with zero attached hydrogens (tertiary/aromatic N) is 5. The van der Waals surface area contributed by atoms with Crippen LogP contribution in [0.15, 0.2) is 42.7 Å². The van der Waals surface area contributed by atoms with E-state index in [1.165, 1.54) is 24.5 Å². The van der Waals surface area contributed by atoms with Gasteiger partial charge in [0, 0.05) is 38.1 Å². The zero-order valence-electron chi connectivity index (χ0n) is 13.8. The van der Waals surface area contributed by atoms with Gasteiger partial charge in [0.1, 0.15) is 11.5 Å². The van der Waals surface area contributed by atoms with Gasteiger partial charge in [-0.15, -0.1) is 0 Å². The van der Waals surface area contributed by atoms with E-state index in [1.54, 1.807) is 25.1 Å². The van der Waals surface area contributed by atoms with Crippen LogP contribution in [0.4, 0.5) is 19.0 Å². The first-order valence-corrected chi connectivity index (χ1v) is 7.84. The Morgan fingerprint density at radius 2 is 1.62 bits per heavy atom. The third-order valence-corrected chi connectivity index (χ3v) is 3.81. The number of benzene rings is 1. The van der Waals surface area contributed by atoms with Gasteiger partial charge in [-0.2, -0.15) is 13.2 Å². The van der Waals surface area contributed by atoms with E-state index < -0.39 is 11.7 Å². The van der Waals surface area contributed by atoms with Crippen LogP contribution in [0, 0.1) is 0 Å². The third kappa shape index (κ3) is 3.75. The molecule has 2 heterocycles. The predicted molar refractivity (Wildman–Crippen MR) is 92.8 cm³/mol. The van der Waals surface area contributed by atoms with Crippen molar-refractivity contribution in [2.75, 3.05) is 19.0 Å². The van der Waals surface area contributed by atoms with E-state index in [9.17, 15) is 13.2 Å². The Balaban J connectivity index is 2.11. The minimum atomic E-state index is -4.40. The number of rotatable bonds is 3. The largest absolute Gasteiger partial charge is 0.416 e. The average molecular weight is 380 g/mol. The number of hydrogen-bond donors (Lipinski definition) is 0. The molecule has 0 bridgehead atoms. The van der Waals surface area contributed by atoms with E-state index in [0.717, 1.165) is 12.1 Å². The molecule has 0 radical (unpaired) electrons. The molecule has 0 aliphatic heterocycles. The molecular weight excluding hydrogens is 367 g/mol. The van der Waals surface area contributed by atoms with Gasteiger partial charge in [-0.25, -0.2) is 19.9 Å². The molecule has 5 nitrogen and oxygen atoms in total. The monoisotopic (exact) mass is 379 g/mol. The smallest absolute Gasteiger partial charge is 0.363 e. The van der Waals surface area contributed by atoms with Crippen LogP contribution in [-0.4, -0.2) is 34.0 Å².